The van der Waals surface area contributed by atoms with Crippen LogP contribution in [0.3, 0.4) is 0 Å². The van der Waals surface area contributed by atoms with Crippen molar-refractivity contribution in [2.45, 2.75) is 26.4 Å². The topological polar surface area (TPSA) is 46.9 Å². The summed E-state index contributed by atoms with van der Waals surface area (Å²) < 4.78 is 0. The maximum Gasteiger partial charge on any atom is 0.0768 e. The molecular weight excluding hydrogens is 204 g/mol. The Labute approximate surface area is 98.9 Å². The van der Waals surface area contributed by atoms with E-state index in [0.29, 0.717) is 0 Å². The average molecular weight is 230 g/mol. The van der Waals surface area contributed by atoms with Crippen LogP contribution in [0.15, 0.2) is 0 Å². The van der Waals surface area contributed by atoms with Gasteiger partial charge in [0.2, 0.25) is 0 Å². The van der Waals surface area contributed by atoms with Crippen LogP contribution in [-0.2, 0) is 0 Å². The van der Waals surface area contributed by atoms with E-state index in [-0.39, 0.29) is 12.5 Å². The molecule has 1 atom stereocenters. The van der Waals surface area contributed by atoms with Crippen molar-refractivity contribution in [2.24, 2.45) is 5.92 Å². The molecular formula is C12H26N2O2. The van der Waals surface area contributed by atoms with Crippen LogP contribution >= 0.6 is 0 Å². The summed E-state index contributed by atoms with van der Waals surface area (Å²) in [5.74, 6) is 0.281. The third-order valence-electron chi connectivity index (χ3n) is 3.67. The van der Waals surface area contributed by atoms with Gasteiger partial charge in [0.15, 0.2) is 0 Å². The van der Waals surface area contributed by atoms with Crippen LogP contribution in [0.1, 0.15) is 20.8 Å². The van der Waals surface area contributed by atoms with Crippen molar-refractivity contribution in [3.63, 3.8) is 0 Å². The largest absolute Gasteiger partial charge is 0.395 e. The molecule has 4 heteroatoms. The molecule has 16 heavy (non-hydrogen) atoms. The lowest BCUT2D eigenvalue weighted by atomic mass is 9.92. The van der Waals surface area contributed by atoms with Crippen molar-refractivity contribution in [2.75, 3.05) is 45.9 Å². The molecule has 1 saturated heterocycles. The van der Waals surface area contributed by atoms with Crippen molar-refractivity contribution in [1.29, 1.82) is 0 Å². The lowest BCUT2D eigenvalue weighted by Gasteiger charge is -2.39. The molecule has 96 valence electrons. The Morgan fingerprint density at radius 1 is 1.12 bits per heavy atom. The minimum atomic E-state index is -0.598. The summed E-state index contributed by atoms with van der Waals surface area (Å²) in [5, 5.41) is 19.1. The van der Waals surface area contributed by atoms with Gasteiger partial charge < -0.3 is 10.2 Å². The quantitative estimate of drug-likeness (QED) is 0.698. The smallest absolute Gasteiger partial charge is 0.0768 e. The van der Waals surface area contributed by atoms with Crippen LogP contribution in [-0.4, -0.2) is 71.5 Å². The van der Waals surface area contributed by atoms with Gasteiger partial charge in [-0.1, -0.05) is 13.8 Å². The second kappa shape index (κ2) is 5.96. The normalized spacial score (nSPS) is 23.6. The van der Waals surface area contributed by atoms with Crippen LogP contribution < -0.4 is 0 Å². The van der Waals surface area contributed by atoms with E-state index >= 15 is 0 Å². The van der Waals surface area contributed by atoms with E-state index in [9.17, 15) is 5.11 Å². The van der Waals surface area contributed by atoms with E-state index in [4.69, 9.17) is 5.11 Å². The molecule has 0 saturated carbocycles. The number of aliphatic hydroxyl groups excluding tert-OH is 1. The van der Waals surface area contributed by atoms with Crippen molar-refractivity contribution in [3.8, 4) is 0 Å². The molecule has 2 N–H and O–H groups in total. The average Bonchev–Trinajstić information content (AvgIpc) is 2.21. The standard InChI is InChI=1S/C12H26N2O2/c1-11(2)12(3,16)10-14-6-4-13(5-7-14)8-9-15/h11,15-16H,4-10H2,1-3H3. The number of hydrogen-bond acceptors (Lipinski definition) is 4. The van der Waals surface area contributed by atoms with Crippen LogP contribution in [0.4, 0.5) is 0 Å². The minimum Gasteiger partial charge on any atom is -0.395 e. The van der Waals surface area contributed by atoms with Crippen LogP contribution in [0.5, 0.6) is 0 Å². The lowest BCUT2D eigenvalue weighted by Crippen LogP contribution is -2.52. The molecule has 1 unspecified atom stereocenters. The van der Waals surface area contributed by atoms with Gasteiger partial charge in [0, 0.05) is 39.3 Å². The fraction of sp³-hybridized carbons (Fsp3) is 1.00. The summed E-state index contributed by atoms with van der Waals surface area (Å²) in [6.07, 6.45) is 0. The molecule has 1 rings (SSSR count). The molecule has 0 bridgehead atoms. The molecule has 1 fully saturated rings. The molecule has 1 heterocycles. The first-order chi connectivity index (χ1) is 7.45. The Morgan fingerprint density at radius 3 is 2.06 bits per heavy atom. The van der Waals surface area contributed by atoms with Crippen LogP contribution in [0.2, 0.25) is 0 Å². The number of aliphatic hydroxyl groups is 2. The summed E-state index contributed by atoms with van der Waals surface area (Å²) in [6, 6.07) is 0. The van der Waals surface area contributed by atoms with Crippen LogP contribution in [0.25, 0.3) is 0 Å². The highest BCUT2D eigenvalue weighted by Crippen LogP contribution is 2.18. The number of piperazine rings is 1. The Hall–Kier alpha value is -0.160. The zero-order chi connectivity index (χ0) is 12.2. The zero-order valence-electron chi connectivity index (χ0n) is 10.8. The van der Waals surface area contributed by atoms with Gasteiger partial charge in [0.05, 0.1) is 12.2 Å². The molecule has 0 aromatic rings. The SMILES string of the molecule is CC(C)C(C)(O)CN1CCN(CCO)CC1. The Morgan fingerprint density at radius 2 is 1.62 bits per heavy atom. The first-order valence-corrected chi connectivity index (χ1v) is 6.23. The van der Waals surface area contributed by atoms with Crippen molar-refractivity contribution < 1.29 is 10.2 Å². The maximum absolute atomic E-state index is 10.2. The van der Waals surface area contributed by atoms with Gasteiger partial charge in [-0.05, 0) is 12.8 Å². The Kier molecular flexibility index (Phi) is 5.18. The third kappa shape index (κ3) is 4.01. The van der Waals surface area contributed by atoms with Gasteiger partial charge in [-0.3, -0.25) is 9.80 Å². The highest BCUT2D eigenvalue weighted by Gasteiger charge is 2.29. The van der Waals surface area contributed by atoms with Crippen molar-refractivity contribution in [1.82, 2.24) is 9.80 Å². The molecule has 0 spiro atoms. The van der Waals surface area contributed by atoms with E-state index in [1.807, 2.05) is 6.92 Å². The van der Waals surface area contributed by atoms with Crippen LogP contribution in [0, 0.1) is 5.92 Å². The first kappa shape index (κ1) is 13.9. The van der Waals surface area contributed by atoms with Gasteiger partial charge in [-0.25, -0.2) is 0 Å². The van der Waals surface area contributed by atoms with E-state index in [1.54, 1.807) is 0 Å². The lowest BCUT2D eigenvalue weighted by molar-refractivity contribution is -0.0297. The highest BCUT2D eigenvalue weighted by molar-refractivity contribution is 4.83. The van der Waals surface area contributed by atoms with Crippen molar-refractivity contribution >= 4 is 0 Å². The van der Waals surface area contributed by atoms with Gasteiger partial charge in [0.25, 0.3) is 0 Å². The molecule has 0 aromatic heterocycles. The van der Waals surface area contributed by atoms with E-state index in [2.05, 4.69) is 23.6 Å². The molecule has 0 aliphatic carbocycles. The first-order valence-electron chi connectivity index (χ1n) is 6.23. The minimum absolute atomic E-state index is 0.240. The molecule has 0 amide bonds. The number of rotatable bonds is 5. The monoisotopic (exact) mass is 230 g/mol. The van der Waals surface area contributed by atoms with E-state index in [0.717, 1.165) is 39.3 Å². The predicted molar refractivity (Wildman–Crippen MR) is 65.4 cm³/mol. The third-order valence-corrected chi connectivity index (χ3v) is 3.67. The number of nitrogens with zero attached hydrogens (tertiary/aromatic N) is 2. The predicted octanol–water partition coefficient (Wildman–Crippen LogP) is 0.00330. The van der Waals surface area contributed by atoms with Crippen molar-refractivity contribution in [3.05, 3.63) is 0 Å². The molecule has 0 radical (unpaired) electrons. The molecule has 4 nitrogen and oxygen atoms in total. The summed E-state index contributed by atoms with van der Waals surface area (Å²) in [4.78, 5) is 4.58. The Balaban J connectivity index is 2.32. The molecule has 0 aromatic carbocycles. The van der Waals surface area contributed by atoms with E-state index in [1.165, 1.54) is 0 Å². The Bertz CT molecular complexity index is 199. The van der Waals surface area contributed by atoms with Gasteiger partial charge in [-0.2, -0.15) is 0 Å². The summed E-state index contributed by atoms with van der Waals surface area (Å²) in [7, 11) is 0. The number of hydrogen-bond donors (Lipinski definition) is 2. The second-order valence-corrected chi connectivity index (χ2v) is 5.35. The molecule has 1 aliphatic heterocycles. The number of β-amino-alcohol motifs (C(OH)–C–C–N with tert-alkyl or cyclic N) is 2. The molecule has 1 aliphatic rings. The summed E-state index contributed by atoms with van der Waals surface area (Å²) in [6.45, 7) is 11.8. The fourth-order valence-electron chi connectivity index (χ4n) is 1.95. The van der Waals surface area contributed by atoms with Gasteiger partial charge in [0.1, 0.15) is 0 Å². The maximum atomic E-state index is 10.2. The summed E-state index contributed by atoms with van der Waals surface area (Å²) in [5.41, 5.74) is -0.598. The van der Waals surface area contributed by atoms with E-state index < -0.39 is 5.60 Å². The fourth-order valence-corrected chi connectivity index (χ4v) is 1.95. The summed E-state index contributed by atoms with van der Waals surface area (Å²) >= 11 is 0. The van der Waals surface area contributed by atoms with Gasteiger partial charge >= 0.3 is 0 Å². The second-order valence-electron chi connectivity index (χ2n) is 5.35. The van der Waals surface area contributed by atoms with Gasteiger partial charge in [-0.15, -0.1) is 0 Å². The zero-order valence-corrected chi connectivity index (χ0v) is 10.8. The highest BCUT2D eigenvalue weighted by atomic mass is 16.3.